The van der Waals surface area contributed by atoms with E-state index in [1.54, 1.807) is 14.2 Å². The number of hydrogen-bond acceptors (Lipinski definition) is 2. The van der Waals surface area contributed by atoms with Crippen LogP contribution in [0.4, 0.5) is 0 Å². The van der Waals surface area contributed by atoms with E-state index in [1.165, 1.54) is 0 Å². The molecule has 0 aliphatic heterocycles. The number of halogens is 2. The van der Waals surface area contributed by atoms with Crippen molar-refractivity contribution in [3.63, 3.8) is 0 Å². The maximum absolute atomic E-state index is 4.91. The third-order valence-corrected chi connectivity index (χ3v) is 1.96. The van der Waals surface area contributed by atoms with Crippen LogP contribution in [0.3, 0.4) is 0 Å². The molecule has 0 bridgehead atoms. The van der Waals surface area contributed by atoms with Crippen LogP contribution in [0.25, 0.3) is 0 Å². The SMILES string of the molecule is BrI.COc1ccccc1.COc1ccccc1. The molecule has 98 valence electrons. The van der Waals surface area contributed by atoms with Crippen molar-refractivity contribution in [2.45, 2.75) is 0 Å². The largest absolute Gasteiger partial charge is 0.497 e. The average Bonchev–Trinajstić information content (AvgIpc) is 2.51. The van der Waals surface area contributed by atoms with Gasteiger partial charge in [-0.2, -0.15) is 0 Å². The third-order valence-electron chi connectivity index (χ3n) is 1.96. The second kappa shape index (κ2) is 12.7. The molecule has 0 fully saturated rings. The second-order valence-electron chi connectivity index (χ2n) is 3.03. The number of hydrogen-bond donors (Lipinski definition) is 0. The number of para-hydroxylation sites is 2. The molecule has 18 heavy (non-hydrogen) atoms. The van der Waals surface area contributed by atoms with E-state index in [2.05, 4.69) is 12.7 Å². The highest BCUT2D eigenvalue weighted by atomic mass is 127. The standard InChI is InChI=1S/2C7H8O.BrI/c2*1-8-7-5-3-2-4-6-7;1-2/h2*2-6H,1H3;. The molecule has 0 N–H and O–H groups in total. The van der Waals surface area contributed by atoms with Gasteiger partial charge in [-0.15, -0.1) is 0 Å². The van der Waals surface area contributed by atoms with Crippen molar-refractivity contribution in [1.29, 1.82) is 0 Å². The first kappa shape index (κ1) is 17.2. The van der Waals surface area contributed by atoms with E-state index in [0.29, 0.717) is 0 Å². The fourth-order valence-corrected chi connectivity index (χ4v) is 1.11. The molecule has 0 atom stereocenters. The summed E-state index contributed by atoms with van der Waals surface area (Å²) in [6.07, 6.45) is 0. The van der Waals surface area contributed by atoms with E-state index in [1.807, 2.05) is 81.0 Å². The van der Waals surface area contributed by atoms with Crippen LogP contribution in [0.5, 0.6) is 11.5 Å². The lowest BCUT2D eigenvalue weighted by Gasteiger charge is -1.93. The lowest BCUT2D eigenvalue weighted by molar-refractivity contribution is 0.414. The zero-order valence-corrected chi connectivity index (χ0v) is 14.1. The van der Waals surface area contributed by atoms with E-state index in [-0.39, 0.29) is 0 Å². The van der Waals surface area contributed by atoms with Crippen LogP contribution in [-0.4, -0.2) is 14.2 Å². The van der Waals surface area contributed by atoms with E-state index >= 15 is 0 Å². The summed E-state index contributed by atoms with van der Waals surface area (Å²) in [4.78, 5) is 0. The van der Waals surface area contributed by atoms with Crippen LogP contribution in [0.1, 0.15) is 0 Å². The number of rotatable bonds is 2. The first-order valence-corrected chi connectivity index (χ1v) is 10.0. The maximum Gasteiger partial charge on any atom is 0.118 e. The molecule has 4 heteroatoms. The lowest BCUT2D eigenvalue weighted by Crippen LogP contribution is -1.78. The maximum atomic E-state index is 4.91. The van der Waals surface area contributed by atoms with Gasteiger partial charge in [-0.25, -0.2) is 0 Å². The highest BCUT2D eigenvalue weighted by Crippen LogP contribution is 2.06. The summed E-state index contributed by atoms with van der Waals surface area (Å²) in [6, 6.07) is 19.4. The highest BCUT2D eigenvalue weighted by Gasteiger charge is 1.80. The quantitative estimate of drug-likeness (QED) is 0.625. The molecule has 0 radical (unpaired) electrons. The Morgan fingerprint density at radius 3 is 1.11 bits per heavy atom. The summed E-state index contributed by atoms with van der Waals surface area (Å²) in [5.41, 5.74) is 0. The Bertz CT molecular complexity index is 342. The minimum absolute atomic E-state index is 0.910. The smallest absolute Gasteiger partial charge is 0.118 e. The van der Waals surface area contributed by atoms with Crippen molar-refractivity contribution < 1.29 is 9.47 Å². The normalized spacial score (nSPS) is 8.00. The van der Waals surface area contributed by atoms with Crippen molar-refractivity contribution in [3.05, 3.63) is 60.7 Å². The first-order chi connectivity index (χ1) is 8.86. The van der Waals surface area contributed by atoms with Gasteiger partial charge in [0.1, 0.15) is 11.5 Å². The lowest BCUT2D eigenvalue weighted by atomic mass is 10.3. The van der Waals surface area contributed by atoms with Gasteiger partial charge in [0.15, 0.2) is 0 Å². The van der Waals surface area contributed by atoms with Gasteiger partial charge in [0, 0.05) is 20.4 Å². The molecule has 0 saturated heterocycles. The first-order valence-electron chi connectivity index (χ1n) is 5.19. The second-order valence-corrected chi connectivity index (χ2v) is 3.03. The molecular weight excluding hydrogens is 407 g/mol. The molecule has 2 nitrogen and oxygen atoms in total. The molecule has 0 spiro atoms. The summed E-state index contributed by atoms with van der Waals surface area (Å²) in [6.45, 7) is 0. The van der Waals surface area contributed by atoms with E-state index < -0.39 is 0 Å². The minimum Gasteiger partial charge on any atom is -0.497 e. The van der Waals surface area contributed by atoms with Crippen LogP contribution in [0.2, 0.25) is 0 Å². The third kappa shape index (κ3) is 8.36. The fraction of sp³-hybridized carbons (Fsp3) is 0.143. The summed E-state index contributed by atoms with van der Waals surface area (Å²) in [5, 5.41) is 0. The predicted octanol–water partition coefficient (Wildman–Crippen LogP) is 5.12. The predicted molar refractivity (Wildman–Crippen MR) is 88.9 cm³/mol. The molecule has 2 rings (SSSR count). The van der Waals surface area contributed by atoms with Crippen LogP contribution >= 0.6 is 33.1 Å². The molecule has 0 unspecified atom stereocenters. The topological polar surface area (TPSA) is 18.5 Å². The van der Waals surface area contributed by atoms with Crippen LogP contribution in [0.15, 0.2) is 60.7 Å². The van der Waals surface area contributed by atoms with Crippen molar-refractivity contribution in [2.24, 2.45) is 0 Å². The van der Waals surface area contributed by atoms with Crippen molar-refractivity contribution in [3.8, 4) is 11.5 Å². The molecule has 0 amide bonds. The van der Waals surface area contributed by atoms with Gasteiger partial charge in [-0.3, -0.25) is 0 Å². The molecule has 2 aromatic carbocycles. The van der Waals surface area contributed by atoms with Crippen molar-refractivity contribution in [2.75, 3.05) is 14.2 Å². The molecule has 0 aliphatic rings. The number of methoxy groups -OCH3 is 2. The fourth-order valence-electron chi connectivity index (χ4n) is 1.11. The van der Waals surface area contributed by atoms with Gasteiger partial charge in [-0.05, 0) is 37.0 Å². The summed E-state index contributed by atoms with van der Waals surface area (Å²) in [7, 11) is 3.32. The molecule has 0 aliphatic carbocycles. The molecule has 0 aromatic heterocycles. The van der Waals surface area contributed by atoms with Gasteiger partial charge in [0.25, 0.3) is 0 Å². The summed E-state index contributed by atoms with van der Waals surface area (Å²) in [5.74, 6) is 1.82. The van der Waals surface area contributed by atoms with E-state index in [9.17, 15) is 0 Å². The Morgan fingerprint density at radius 1 is 0.667 bits per heavy atom. The van der Waals surface area contributed by atoms with E-state index in [0.717, 1.165) is 11.5 Å². The Morgan fingerprint density at radius 2 is 0.944 bits per heavy atom. The summed E-state index contributed by atoms with van der Waals surface area (Å²) < 4.78 is 9.83. The van der Waals surface area contributed by atoms with Gasteiger partial charge < -0.3 is 9.47 Å². The van der Waals surface area contributed by atoms with Crippen LogP contribution in [-0.2, 0) is 0 Å². The van der Waals surface area contributed by atoms with Gasteiger partial charge >= 0.3 is 0 Å². The summed E-state index contributed by atoms with van der Waals surface area (Å²) >= 11 is 4.87. The zero-order valence-electron chi connectivity index (χ0n) is 10.3. The highest BCUT2D eigenvalue weighted by molar-refractivity contribution is 14.2. The number of ether oxygens (including phenoxy) is 2. The van der Waals surface area contributed by atoms with Gasteiger partial charge in [-0.1, -0.05) is 36.4 Å². The van der Waals surface area contributed by atoms with E-state index in [4.69, 9.17) is 9.47 Å². The molecular formula is C14H16BrIO2. The Balaban J connectivity index is 0.000000283. The monoisotopic (exact) mass is 422 g/mol. The molecule has 0 saturated carbocycles. The molecule has 2 aromatic rings. The number of benzene rings is 2. The Kier molecular flexibility index (Phi) is 12.2. The van der Waals surface area contributed by atoms with Gasteiger partial charge in [0.05, 0.1) is 14.2 Å². The minimum atomic E-state index is 0.910. The van der Waals surface area contributed by atoms with Crippen LogP contribution in [0, 0.1) is 0 Å². The van der Waals surface area contributed by atoms with Crippen molar-refractivity contribution >= 4 is 33.1 Å². The van der Waals surface area contributed by atoms with Crippen LogP contribution < -0.4 is 9.47 Å². The molecule has 0 heterocycles. The average molecular weight is 423 g/mol. The van der Waals surface area contributed by atoms with Crippen molar-refractivity contribution in [1.82, 2.24) is 0 Å². The Hall–Kier alpha value is -0.750. The Labute approximate surface area is 128 Å². The van der Waals surface area contributed by atoms with Gasteiger partial charge in [0.2, 0.25) is 0 Å². The zero-order chi connectivity index (χ0) is 13.6.